The first-order chi connectivity index (χ1) is 16.6. The van der Waals surface area contributed by atoms with Crippen molar-refractivity contribution in [3.05, 3.63) is 107 Å². The normalized spacial score (nSPS) is 14.8. The number of amides is 1. The summed E-state index contributed by atoms with van der Waals surface area (Å²) in [5, 5.41) is 10.9. The van der Waals surface area contributed by atoms with Crippen molar-refractivity contribution in [2.75, 3.05) is 31.1 Å². The van der Waals surface area contributed by atoms with Crippen LogP contribution in [-0.4, -0.2) is 51.3 Å². The van der Waals surface area contributed by atoms with Crippen molar-refractivity contribution in [3.63, 3.8) is 0 Å². The van der Waals surface area contributed by atoms with Crippen molar-refractivity contribution in [1.82, 2.24) is 14.3 Å². The van der Waals surface area contributed by atoms with Gasteiger partial charge >= 0.3 is 0 Å². The van der Waals surface area contributed by atoms with E-state index in [1.807, 2.05) is 53.7 Å². The number of nitro groups is 1. The van der Waals surface area contributed by atoms with Crippen molar-refractivity contribution >= 4 is 22.9 Å². The molecule has 1 saturated heterocycles. The molecule has 4 aromatic rings. The van der Waals surface area contributed by atoms with Gasteiger partial charge < -0.3 is 14.2 Å². The second-order valence-electron chi connectivity index (χ2n) is 8.42. The molecule has 0 saturated carbocycles. The van der Waals surface area contributed by atoms with E-state index in [-0.39, 0.29) is 17.5 Å². The fourth-order valence-corrected chi connectivity index (χ4v) is 4.59. The summed E-state index contributed by atoms with van der Waals surface area (Å²) in [5.41, 5.74) is 3.97. The molecule has 0 N–H and O–H groups in total. The molecule has 3 heterocycles. The summed E-state index contributed by atoms with van der Waals surface area (Å²) in [6.07, 6.45) is 4.22. The molecule has 172 valence electrons. The third-order valence-corrected chi connectivity index (χ3v) is 6.44. The third-order valence-electron chi connectivity index (χ3n) is 6.44. The highest BCUT2D eigenvalue weighted by molar-refractivity contribution is 5.78. The van der Waals surface area contributed by atoms with Gasteiger partial charge in [-0.2, -0.15) is 0 Å². The van der Waals surface area contributed by atoms with Crippen LogP contribution < -0.4 is 4.90 Å². The lowest BCUT2D eigenvalue weighted by Crippen LogP contribution is -2.49. The molecule has 1 fully saturated rings. The molecule has 8 heteroatoms. The van der Waals surface area contributed by atoms with Crippen molar-refractivity contribution in [2.24, 2.45) is 0 Å². The van der Waals surface area contributed by atoms with Crippen molar-refractivity contribution in [1.29, 1.82) is 0 Å². The van der Waals surface area contributed by atoms with E-state index in [4.69, 9.17) is 0 Å². The molecule has 1 aliphatic heterocycles. The monoisotopic (exact) mass is 455 g/mol. The summed E-state index contributed by atoms with van der Waals surface area (Å²) < 4.78 is 2.05. The topological polar surface area (TPSA) is 84.0 Å². The Balaban J connectivity index is 1.30. The zero-order valence-electron chi connectivity index (χ0n) is 18.7. The molecule has 34 heavy (non-hydrogen) atoms. The zero-order valence-corrected chi connectivity index (χ0v) is 18.7. The fourth-order valence-electron chi connectivity index (χ4n) is 4.59. The summed E-state index contributed by atoms with van der Waals surface area (Å²) in [7, 11) is 0. The van der Waals surface area contributed by atoms with E-state index in [0.717, 1.165) is 22.6 Å². The van der Waals surface area contributed by atoms with Gasteiger partial charge in [-0.25, -0.2) is 4.98 Å². The zero-order chi connectivity index (χ0) is 23.5. The van der Waals surface area contributed by atoms with Gasteiger partial charge in [0.1, 0.15) is 5.65 Å². The summed E-state index contributed by atoms with van der Waals surface area (Å²) in [6, 6.07) is 22.6. The Bertz CT molecular complexity index is 1300. The second kappa shape index (κ2) is 9.35. The van der Waals surface area contributed by atoms with E-state index in [1.165, 1.54) is 12.1 Å². The molecule has 0 radical (unpaired) electrons. The van der Waals surface area contributed by atoms with Crippen molar-refractivity contribution in [2.45, 2.75) is 12.3 Å². The largest absolute Gasteiger partial charge is 0.368 e. The number of non-ortho nitro benzene ring substituents is 1. The van der Waals surface area contributed by atoms with Gasteiger partial charge in [0.25, 0.3) is 5.69 Å². The molecule has 1 amide bonds. The lowest BCUT2D eigenvalue weighted by molar-refractivity contribution is -0.384. The Morgan fingerprint density at radius 2 is 1.65 bits per heavy atom. The molecule has 8 nitrogen and oxygen atoms in total. The number of hydrogen-bond acceptors (Lipinski definition) is 5. The molecule has 2 aromatic carbocycles. The number of nitro benzene ring substituents is 1. The minimum atomic E-state index is -0.396. The van der Waals surface area contributed by atoms with E-state index < -0.39 is 4.92 Å². The van der Waals surface area contributed by atoms with Gasteiger partial charge in [0.2, 0.25) is 5.91 Å². The van der Waals surface area contributed by atoms with E-state index in [1.54, 1.807) is 12.1 Å². The van der Waals surface area contributed by atoms with Gasteiger partial charge in [0, 0.05) is 68.7 Å². The average molecular weight is 456 g/mol. The van der Waals surface area contributed by atoms with Crippen LogP contribution in [0, 0.1) is 10.1 Å². The van der Waals surface area contributed by atoms with Crippen LogP contribution in [0.15, 0.2) is 85.2 Å². The number of imidazole rings is 1. The predicted octanol–water partition coefficient (Wildman–Crippen LogP) is 4.11. The first-order valence-electron chi connectivity index (χ1n) is 11.3. The number of nitrogens with zero attached hydrogens (tertiary/aromatic N) is 5. The van der Waals surface area contributed by atoms with Gasteiger partial charge in [-0.3, -0.25) is 14.9 Å². The molecule has 5 rings (SSSR count). The maximum atomic E-state index is 13.4. The van der Waals surface area contributed by atoms with Crippen LogP contribution in [0.25, 0.3) is 5.65 Å². The first-order valence-corrected chi connectivity index (χ1v) is 11.3. The highest BCUT2D eigenvalue weighted by atomic mass is 16.6. The third kappa shape index (κ3) is 4.34. The number of carbonyl (C=O) groups excluding carboxylic acids is 1. The number of pyridine rings is 1. The van der Waals surface area contributed by atoms with Gasteiger partial charge in [0.15, 0.2) is 0 Å². The van der Waals surface area contributed by atoms with Crippen molar-refractivity contribution in [3.8, 4) is 0 Å². The molecule has 2 aromatic heterocycles. The van der Waals surface area contributed by atoms with Crippen LogP contribution in [0.3, 0.4) is 0 Å². The lowest BCUT2D eigenvalue weighted by Gasteiger charge is -2.36. The quantitative estimate of drug-likeness (QED) is 0.323. The minimum Gasteiger partial charge on any atom is -0.368 e. The van der Waals surface area contributed by atoms with Crippen LogP contribution in [-0.2, 0) is 4.79 Å². The number of rotatable bonds is 6. The molecule has 1 aliphatic rings. The van der Waals surface area contributed by atoms with Crippen LogP contribution in [0.4, 0.5) is 11.4 Å². The molecule has 0 aliphatic carbocycles. The number of anilines is 1. The Labute approximate surface area is 197 Å². The Morgan fingerprint density at radius 1 is 0.941 bits per heavy atom. The second-order valence-corrected chi connectivity index (χ2v) is 8.42. The number of piperazine rings is 1. The summed E-state index contributed by atoms with van der Waals surface area (Å²) in [6.45, 7) is 2.61. The summed E-state index contributed by atoms with van der Waals surface area (Å²) in [4.78, 5) is 32.5. The lowest BCUT2D eigenvalue weighted by atomic mass is 9.92. The molecule has 0 bridgehead atoms. The number of carbonyl (C=O) groups is 1. The highest BCUT2D eigenvalue weighted by Gasteiger charge is 2.27. The number of hydrogen-bond donors (Lipinski definition) is 0. The molecule has 1 unspecified atom stereocenters. The molecular formula is C26H25N5O3. The minimum absolute atomic E-state index is 0.0805. The number of benzene rings is 2. The van der Waals surface area contributed by atoms with Crippen LogP contribution in [0.5, 0.6) is 0 Å². The molecule has 0 spiro atoms. The smallest absolute Gasteiger partial charge is 0.269 e. The van der Waals surface area contributed by atoms with E-state index in [9.17, 15) is 14.9 Å². The van der Waals surface area contributed by atoms with Crippen LogP contribution >= 0.6 is 0 Å². The van der Waals surface area contributed by atoms with Crippen LogP contribution in [0.1, 0.15) is 23.6 Å². The number of aromatic nitrogens is 2. The van der Waals surface area contributed by atoms with Gasteiger partial charge in [-0.15, -0.1) is 0 Å². The average Bonchev–Trinajstić information content (AvgIpc) is 3.32. The maximum absolute atomic E-state index is 13.4. The number of fused-ring (bicyclic) bond motifs is 1. The SMILES string of the molecule is O=C(CC(c1ccccc1)c1cnc2ccccn12)N1CCN(c2ccc([N+](=O)[O-])cc2)CC1. The highest BCUT2D eigenvalue weighted by Crippen LogP contribution is 2.30. The van der Waals surface area contributed by atoms with E-state index in [0.29, 0.717) is 32.6 Å². The Kier molecular flexibility index (Phi) is 5.95. The summed E-state index contributed by atoms with van der Waals surface area (Å²) >= 11 is 0. The Morgan fingerprint density at radius 3 is 2.35 bits per heavy atom. The maximum Gasteiger partial charge on any atom is 0.269 e. The van der Waals surface area contributed by atoms with Crippen molar-refractivity contribution < 1.29 is 9.72 Å². The van der Waals surface area contributed by atoms with E-state index >= 15 is 0 Å². The van der Waals surface area contributed by atoms with Crippen LogP contribution in [0.2, 0.25) is 0 Å². The van der Waals surface area contributed by atoms with Gasteiger partial charge in [0.05, 0.1) is 10.6 Å². The van der Waals surface area contributed by atoms with E-state index in [2.05, 4.69) is 26.4 Å². The molecule has 1 atom stereocenters. The summed E-state index contributed by atoms with van der Waals surface area (Å²) in [5.74, 6) is 0.0156. The van der Waals surface area contributed by atoms with Gasteiger partial charge in [-0.05, 0) is 29.8 Å². The predicted molar refractivity (Wildman–Crippen MR) is 130 cm³/mol. The van der Waals surface area contributed by atoms with Gasteiger partial charge in [-0.1, -0.05) is 36.4 Å². The molecular weight excluding hydrogens is 430 g/mol. The Hall–Kier alpha value is -4.20. The fraction of sp³-hybridized carbons (Fsp3) is 0.231. The first kappa shape index (κ1) is 21.6. The standard InChI is InChI=1S/C26H25N5O3/c32-26(29-16-14-28(15-17-29)21-9-11-22(12-10-21)31(33)34)18-23(20-6-2-1-3-7-20)24-19-27-25-8-4-5-13-30(24)25/h1-13,19,23H,14-18H2.